The number of nitrogens with zero attached hydrogens (tertiary/aromatic N) is 2. The van der Waals surface area contributed by atoms with Gasteiger partial charge in [-0.3, -0.25) is 18.7 Å². The summed E-state index contributed by atoms with van der Waals surface area (Å²) in [7, 11) is 1.52. The summed E-state index contributed by atoms with van der Waals surface area (Å²) in [6.45, 7) is 0.533. The predicted molar refractivity (Wildman–Crippen MR) is 90.4 cm³/mol. The smallest absolute Gasteiger partial charge is 0.331 e. The maximum Gasteiger partial charge on any atom is 0.331 e. The maximum absolute atomic E-state index is 12.4. The molecule has 2 aromatic rings. The third kappa shape index (κ3) is 4.56. The number of carbonyl (C=O) groups excluding carboxylic acids is 1. The van der Waals surface area contributed by atoms with E-state index in [2.05, 4.69) is 5.32 Å². The lowest BCUT2D eigenvalue weighted by Crippen LogP contribution is -2.43. The van der Waals surface area contributed by atoms with Gasteiger partial charge in [0.15, 0.2) is 0 Å². The number of ether oxygens (including phenoxy) is 1. The van der Waals surface area contributed by atoms with Crippen molar-refractivity contribution in [3.63, 3.8) is 0 Å². The first-order valence-corrected chi connectivity index (χ1v) is 7.70. The predicted octanol–water partition coefficient (Wildman–Crippen LogP) is 0.474. The van der Waals surface area contributed by atoms with Crippen molar-refractivity contribution in [1.29, 1.82) is 0 Å². The molecule has 0 saturated carbocycles. The van der Waals surface area contributed by atoms with Crippen LogP contribution in [0.15, 0.2) is 46.1 Å². The summed E-state index contributed by atoms with van der Waals surface area (Å²) in [6, 6.07) is 8.37. The molecule has 0 aliphatic carbocycles. The molecule has 0 saturated heterocycles. The fourth-order valence-electron chi connectivity index (χ4n) is 2.12. The van der Waals surface area contributed by atoms with Crippen molar-refractivity contribution in [3.8, 4) is 0 Å². The van der Waals surface area contributed by atoms with Crippen LogP contribution in [0.25, 0.3) is 0 Å². The summed E-state index contributed by atoms with van der Waals surface area (Å²) < 4.78 is 7.05. The second-order valence-electron chi connectivity index (χ2n) is 5.08. The molecule has 0 aliphatic heterocycles. The molecule has 0 aliphatic rings. The topological polar surface area (TPSA) is 82.3 Å². The Bertz CT molecular complexity index is 829. The lowest BCUT2D eigenvalue weighted by Gasteiger charge is -2.11. The molecule has 0 fully saturated rings. The first-order chi connectivity index (χ1) is 11.5. The minimum absolute atomic E-state index is 0.212. The summed E-state index contributed by atoms with van der Waals surface area (Å²) in [5.41, 5.74) is -0.349. The van der Waals surface area contributed by atoms with E-state index in [1.165, 1.54) is 23.9 Å². The molecule has 1 amide bonds. The Balaban J connectivity index is 2.21. The fourth-order valence-corrected chi connectivity index (χ4v) is 2.32. The van der Waals surface area contributed by atoms with Gasteiger partial charge in [0.25, 0.3) is 5.56 Å². The van der Waals surface area contributed by atoms with Gasteiger partial charge in [0, 0.05) is 30.9 Å². The molecule has 0 spiro atoms. The van der Waals surface area contributed by atoms with Gasteiger partial charge in [-0.2, -0.15) is 0 Å². The van der Waals surface area contributed by atoms with Crippen LogP contribution in [0.3, 0.4) is 0 Å². The lowest BCUT2D eigenvalue weighted by atomic mass is 10.2. The first kappa shape index (κ1) is 18.0. The van der Waals surface area contributed by atoms with Gasteiger partial charge in [-0.05, 0) is 11.6 Å². The molecule has 1 N–H and O–H groups in total. The molecule has 0 atom stereocenters. The fraction of sp³-hybridized carbons (Fsp3) is 0.312. The van der Waals surface area contributed by atoms with E-state index in [1.54, 1.807) is 18.2 Å². The first-order valence-electron chi connectivity index (χ1n) is 7.32. The number of nitrogens with one attached hydrogen (secondary N) is 1. The zero-order chi connectivity index (χ0) is 17.5. The number of hydrogen-bond acceptors (Lipinski definition) is 4. The van der Waals surface area contributed by atoms with Crippen molar-refractivity contribution in [2.45, 2.75) is 13.1 Å². The zero-order valence-corrected chi connectivity index (χ0v) is 14.0. The Morgan fingerprint density at radius 1 is 1.25 bits per heavy atom. The van der Waals surface area contributed by atoms with Gasteiger partial charge in [0.2, 0.25) is 5.91 Å². The van der Waals surface area contributed by atoms with Crippen molar-refractivity contribution in [2.24, 2.45) is 0 Å². The summed E-state index contributed by atoms with van der Waals surface area (Å²) in [4.78, 5) is 36.2. The summed E-state index contributed by atoms with van der Waals surface area (Å²) in [5.74, 6) is -0.429. The SMILES string of the molecule is COCCNC(=O)Cn1c(=O)ccn(Cc2ccccc2Cl)c1=O. The van der Waals surface area contributed by atoms with Crippen LogP contribution in [-0.4, -0.2) is 35.3 Å². The van der Waals surface area contributed by atoms with Crippen molar-refractivity contribution in [1.82, 2.24) is 14.5 Å². The van der Waals surface area contributed by atoms with Crippen LogP contribution < -0.4 is 16.6 Å². The summed E-state index contributed by atoms with van der Waals surface area (Å²) in [5, 5.41) is 3.10. The van der Waals surface area contributed by atoms with Crippen LogP contribution in [0.2, 0.25) is 5.02 Å². The quantitative estimate of drug-likeness (QED) is 0.735. The number of carbonyl (C=O) groups is 1. The molecule has 1 aromatic carbocycles. The monoisotopic (exact) mass is 351 g/mol. The minimum Gasteiger partial charge on any atom is -0.383 e. The highest BCUT2D eigenvalue weighted by molar-refractivity contribution is 6.31. The van der Waals surface area contributed by atoms with Crippen LogP contribution in [0.1, 0.15) is 5.56 Å². The van der Waals surface area contributed by atoms with Crippen molar-refractivity contribution < 1.29 is 9.53 Å². The number of hydrogen-bond donors (Lipinski definition) is 1. The largest absolute Gasteiger partial charge is 0.383 e. The van der Waals surface area contributed by atoms with Crippen LogP contribution in [-0.2, 0) is 22.6 Å². The third-order valence-electron chi connectivity index (χ3n) is 3.37. The van der Waals surface area contributed by atoms with Crippen molar-refractivity contribution in [2.75, 3.05) is 20.3 Å². The number of aromatic nitrogens is 2. The van der Waals surface area contributed by atoms with Crippen molar-refractivity contribution in [3.05, 3.63) is 68.0 Å². The van der Waals surface area contributed by atoms with E-state index < -0.39 is 17.2 Å². The molecular formula is C16H18ClN3O4. The average Bonchev–Trinajstić information content (AvgIpc) is 2.56. The molecular weight excluding hydrogens is 334 g/mol. The molecule has 1 aromatic heterocycles. The normalized spacial score (nSPS) is 10.6. The number of halogens is 1. The van der Waals surface area contributed by atoms with E-state index in [0.29, 0.717) is 18.2 Å². The molecule has 8 heteroatoms. The van der Waals surface area contributed by atoms with Crippen LogP contribution in [0.5, 0.6) is 0 Å². The Kier molecular flexibility index (Phi) is 6.34. The van der Waals surface area contributed by atoms with Gasteiger partial charge >= 0.3 is 5.69 Å². The molecule has 0 unspecified atom stereocenters. The highest BCUT2D eigenvalue weighted by atomic mass is 35.5. The van der Waals surface area contributed by atoms with Crippen LogP contribution in [0, 0.1) is 0 Å². The van der Waals surface area contributed by atoms with Crippen LogP contribution >= 0.6 is 11.6 Å². The molecule has 0 bridgehead atoms. The maximum atomic E-state index is 12.4. The highest BCUT2D eigenvalue weighted by Gasteiger charge is 2.10. The van der Waals surface area contributed by atoms with E-state index >= 15 is 0 Å². The second-order valence-corrected chi connectivity index (χ2v) is 5.49. The van der Waals surface area contributed by atoms with Crippen molar-refractivity contribution >= 4 is 17.5 Å². The van der Waals surface area contributed by atoms with E-state index in [1.807, 2.05) is 6.07 Å². The summed E-state index contributed by atoms with van der Waals surface area (Å²) in [6.07, 6.45) is 1.40. The summed E-state index contributed by atoms with van der Waals surface area (Å²) >= 11 is 6.09. The molecule has 0 radical (unpaired) electrons. The van der Waals surface area contributed by atoms with E-state index in [0.717, 1.165) is 10.1 Å². The Hall–Kier alpha value is -2.38. The van der Waals surface area contributed by atoms with Crippen LogP contribution in [0.4, 0.5) is 0 Å². The Morgan fingerprint density at radius 2 is 2.00 bits per heavy atom. The Labute approximate surface area is 143 Å². The zero-order valence-electron chi connectivity index (χ0n) is 13.2. The Morgan fingerprint density at radius 3 is 2.71 bits per heavy atom. The molecule has 128 valence electrons. The molecule has 24 heavy (non-hydrogen) atoms. The minimum atomic E-state index is -0.565. The van der Waals surface area contributed by atoms with E-state index in [9.17, 15) is 14.4 Å². The van der Waals surface area contributed by atoms with Gasteiger partial charge in [-0.25, -0.2) is 4.79 Å². The van der Waals surface area contributed by atoms with Gasteiger partial charge in [-0.1, -0.05) is 29.8 Å². The third-order valence-corrected chi connectivity index (χ3v) is 3.74. The number of rotatable bonds is 7. The second kappa shape index (κ2) is 8.47. The molecule has 2 rings (SSSR count). The standard InChI is InChI=1S/C16H18ClN3O4/c1-24-9-7-18-14(21)11-20-15(22)6-8-19(16(20)23)10-12-4-2-3-5-13(12)17/h2-6,8H,7,9-11H2,1H3,(H,18,21). The van der Waals surface area contributed by atoms with E-state index in [-0.39, 0.29) is 13.1 Å². The highest BCUT2D eigenvalue weighted by Crippen LogP contribution is 2.15. The number of amides is 1. The number of methoxy groups -OCH3 is 1. The van der Waals surface area contributed by atoms with E-state index in [4.69, 9.17) is 16.3 Å². The number of benzene rings is 1. The van der Waals surface area contributed by atoms with Gasteiger partial charge in [0.1, 0.15) is 6.54 Å². The lowest BCUT2D eigenvalue weighted by molar-refractivity contribution is -0.122. The molecule has 1 heterocycles. The average molecular weight is 352 g/mol. The van der Waals surface area contributed by atoms with Gasteiger partial charge < -0.3 is 10.1 Å². The van der Waals surface area contributed by atoms with Gasteiger partial charge in [0.05, 0.1) is 13.2 Å². The molecule has 7 nitrogen and oxygen atoms in total. The van der Waals surface area contributed by atoms with Gasteiger partial charge in [-0.15, -0.1) is 0 Å².